The van der Waals surface area contributed by atoms with Crippen molar-refractivity contribution in [2.45, 2.75) is 19.3 Å². The Labute approximate surface area is 114 Å². The largest absolute Gasteiger partial charge is 0.493 e. The van der Waals surface area contributed by atoms with E-state index in [1.807, 2.05) is 24.3 Å². The number of carboxylic acid groups (broad SMARTS) is 1. The third-order valence-corrected chi connectivity index (χ3v) is 3.60. The molecule has 1 N–H and O–H groups in total. The van der Waals surface area contributed by atoms with E-state index in [-0.39, 0.29) is 6.42 Å². The Bertz CT molecular complexity index is 408. The van der Waals surface area contributed by atoms with Crippen molar-refractivity contribution < 1.29 is 14.6 Å². The van der Waals surface area contributed by atoms with Crippen molar-refractivity contribution in [3.8, 4) is 5.75 Å². The molecule has 4 nitrogen and oxygen atoms in total. The third kappa shape index (κ3) is 4.56. The first-order valence-corrected chi connectivity index (χ1v) is 6.75. The average Bonchev–Trinajstić information content (AvgIpc) is 2.39. The molecule has 1 aromatic rings. The molecule has 0 aliphatic carbocycles. The molecule has 1 aromatic carbocycles. The Morgan fingerprint density at radius 2 is 1.95 bits per heavy atom. The van der Waals surface area contributed by atoms with E-state index >= 15 is 0 Å². The van der Waals surface area contributed by atoms with Gasteiger partial charge in [0.05, 0.1) is 13.0 Å². The normalized spacial score (nSPS) is 17.3. The highest BCUT2D eigenvalue weighted by atomic mass is 16.5. The Kier molecular flexibility index (Phi) is 4.80. The molecule has 0 spiro atoms. The lowest BCUT2D eigenvalue weighted by Gasteiger charge is -2.28. The van der Waals surface area contributed by atoms with Crippen LogP contribution in [0.2, 0.25) is 0 Å². The number of carbonyl (C=O) groups is 1. The Morgan fingerprint density at radius 3 is 2.53 bits per heavy atom. The smallest absolute Gasteiger partial charge is 0.307 e. The minimum atomic E-state index is -0.806. The number of piperidine rings is 1. The number of ether oxygens (including phenoxy) is 1. The predicted molar refractivity (Wildman–Crippen MR) is 73.5 cm³/mol. The van der Waals surface area contributed by atoms with E-state index in [1.165, 1.54) is 12.8 Å². The van der Waals surface area contributed by atoms with Gasteiger partial charge in [-0.3, -0.25) is 4.79 Å². The first-order valence-electron chi connectivity index (χ1n) is 6.75. The second kappa shape index (κ2) is 6.57. The number of rotatable bonds is 5. The van der Waals surface area contributed by atoms with Crippen LogP contribution in [0.4, 0.5) is 0 Å². The highest BCUT2D eigenvalue weighted by molar-refractivity contribution is 5.70. The van der Waals surface area contributed by atoms with E-state index in [2.05, 4.69) is 11.9 Å². The molecule has 0 radical (unpaired) electrons. The molecule has 1 fully saturated rings. The van der Waals surface area contributed by atoms with Gasteiger partial charge < -0.3 is 14.7 Å². The molecule has 1 heterocycles. The molecular weight excluding hydrogens is 242 g/mol. The van der Waals surface area contributed by atoms with Gasteiger partial charge in [0.2, 0.25) is 0 Å². The third-order valence-electron chi connectivity index (χ3n) is 3.60. The van der Waals surface area contributed by atoms with Crippen LogP contribution in [0.1, 0.15) is 18.4 Å². The molecule has 0 saturated carbocycles. The lowest BCUT2D eigenvalue weighted by Crippen LogP contribution is -2.32. The number of aliphatic carboxylic acids is 1. The molecule has 0 aromatic heterocycles. The van der Waals surface area contributed by atoms with Crippen molar-refractivity contribution in [1.82, 2.24) is 4.90 Å². The number of carboxylic acids is 1. The van der Waals surface area contributed by atoms with Crippen LogP contribution in [0.25, 0.3) is 0 Å². The first-order chi connectivity index (χ1) is 9.13. The van der Waals surface area contributed by atoms with E-state index in [1.54, 1.807) is 0 Å². The van der Waals surface area contributed by atoms with Gasteiger partial charge in [0.15, 0.2) is 0 Å². The van der Waals surface area contributed by atoms with Crippen LogP contribution in [0.15, 0.2) is 24.3 Å². The number of hydrogen-bond acceptors (Lipinski definition) is 3. The monoisotopic (exact) mass is 263 g/mol. The second-order valence-electron chi connectivity index (χ2n) is 5.27. The van der Waals surface area contributed by atoms with Gasteiger partial charge in [0.25, 0.3) is 0 Å². The maximum atomic E-state index is 10.6. The summed E-state index contributed by atoms with van der Waals surface area (Å²) in [6, 6.07) is 7.34. The zero-order chi connectivity index (χ0) is 13.7. The van der Waals surface area contributed by atoms with Gasteiger partial charge >= 0.3 is 5.97 Å². The lowest BCUT2D eigenvalue weighted by atomic mass is 9.98. The summed E-state index contributed by atoms with van der Waals surface area (Å²) in [5.74, 6) is 0.656. The van der Waals surface area contributed by atoms with Gasteiger partial charge in [0.1, 0.15) is 5.75 Å². The zero-order valence-electron chi connectivity index (χ0n) is 11.3. The summed E-state index contributed by atoms with van der Waals surface area (Å²) < 4.78 is 5.77. The Morgan fingerprint density at radius 1 is 1.32 bits per heavy atom. The van der Waals surface area contributed by atoms with Gasteiger partial charge in [-0.1, -0.05) is 12.1 Å². The molecule has 2 rings (SSSR count). The SMILES string of the molecule is CN1CCC(COc2ccc(CC(=O)O)cc2)CC1. The second-order valence-corrected chi connectivity index (χ2v) is 5.27. The van der Waals surface area contributed by atoms with E-state index in [9.17, 15) is 4.79 Å². The molecule has 0 bridgehead atoms. The molecule has 0 unspecified atom stereocenters. The predicted octanol–water partition coefficient (Wildman–Crippen LogP) is 2.03. The van der Waals surface area contributed by atoms with Crippen LogP contribution >= 0.6 is 0 Å². The number of benzene rings is 1. The van der Waals surface area contributed by atoms with Crippen LogP contribution in [0, 0.1) is 5.92 Å². The summed E-state index contributed by atoms with van der Waals surface area (Å²) in [4.78, 5) is 12.9. The summed E-state index contributed by atoms with van der Waals surface area (Å²) in [7, 11) is 2.15. The van der Waals surface area contributed by atoms with Crippen molar-refractivity contribution in [2.24, 2.45) is 5.92 Å². The standard InChI is InChI=1S/C15H21NO3/c1-16-8-6-13(7-9-16)11-19-14-4-2-12(3-5-14)10-15(17)18/h2-5,13H,6-11H2,1H3,(H,17,18). The quantitative estimate of drug-likeness (QED) is 0.883. The molecule has 0 amide bonds. The van der Waals surface area contributed by atoms with Gasteiger partial charge in [-0.2, -0.15) is 0 Å². The van der Waals surface area contributed by atoms with Crippen LogP contribution in [-0.4, -0.2) is 42.7 Å². The van der Waals surface area contributed by atoms with Crippen molar-refractivity contribution in [3.63, 3.8) is 0 Å². The molecule has 19 heavy (non-hydrogen) atoms. The van der Waals surface area contributed by atoms with Crippen LogP contribution < -0.4 is 4.74 Å². The van der Waals surface area contributed by atoms with E-state index in [0.29, 0.717) is 5.92 Å². The topological polar surface area (TPSA) is 49.8 Å². The van der Waals surface area contributed by atoms with E-state index in [4.69, 9.17) is 9.84 Å². The van der Waals surface area contributed by atoms with Crippen LogP contribution in [0.3, 0.4) is 0 Å². The fourth-order valence-corrected chi connectivity index (χ4v) is 2.32. The fourth-order valence-electron chi connectivity index (χ4n) is 2.32. The molecular formula is C15H21NO3. The first kappa shape index (κ1) is 13.9. The molecule has 104 valence electrons. The maximum absolute atomic E-state index is 10.6. The fraction of sp³-hybridized carbons (Fsp3) is 0.533. The summed E-state index contributed by atoms with van der Waals surface area (Å²) >= 11 is 0. The van der Waals surface area contributed by atoms with Gasteiger partial charge in [-0.25, -0.2) is 0 Å². The van der Waals surface area contributed by atoms with Gasteiger partial charge in [-0.05, 0) is 56.6 Å². The number of nitrogens with zero attached hydrogens (tertiary/aromatic N) is 1. The minimum Gasteiger partial charge on any atom is -0.493 e. The van der Waals surface area contributed by atoms with Crippen molar-refractivity contribution in [1.29, 1.82) is 0 Å². The van der Waals surface area contributed by atoms with Crippen molar-refractivity contribution in [2.75, 3.05) is 26.7 Å². The highest BCUT2D eigenvalue weighted by Gasteiger charge is 2.17. The summed E-state index contributed by atoms with van der Waals surface area (Å²) in [6.45, 7) is 3.04. The number of hydrogen-bond donors (Lipinski definition) is 1. The summed E-state index contributed by atoms with van der Waals surface area (Å²) in [5, 5.41) is 8.70. The minimum absolute atomic E-state index is 0.0647. The summed E-state index contributed by atoms with van der Waals surface area (Å²) in [5.41, 5.74) is 0.805. The zero-order valence-corrected chi connectivity index (χ0v) is 11.3. The van der Waals surface area contributed by atoms with Crippen molar-refractivity contribution in [3.05, 3.63) is 29.8 Å². The van der Waals surface area contributed by atoms with E-state index < -0.39 is 5.97 Å². The maximum Gasteiger partial charge on any atom is 0.307 e. The number of likely N-dealkylation sites (tertiary alicyclic amines) is 1. The molecule has 1 aliphatic heterocycles. The van der Waals surface area contributed by atoms with Gasteiger partial charge in [0, 0.05) is 0 Å². The molecule has 4 heteroatoms. The van der Waals surface area contributed by atoms with Crippen LogP contribution in [-0.2, 0) is 11.2 Å². The van der Waals surface area contributed by atoms with E-state index in [0.717, 1.165) is 31.0 Å². The highest BCUT2D eigenvalue weighted by Crippen LogP contribution is 2.19. The Hall–Kier alpha value is -1.55. The van der Waals surface area contributed by atoms with Crippen molar-refractivity contribution >= 4 is 5.97 Å². The molecule has 0 atom stereocenters. The van der Waals surface area contributed by atoms with Gasteiger partial charge in [-0.15, -0.1) is 0 Å². The average molecular weight is 263 g/mol. The van der Waals surface area contributed by atoms with Crippen LogP contribution in [0.5, 0.6) is 5.75 Å². The Balaban J connectivity index is 1.78. The summed E-state index contributed by atoms with van der Waals surface area (Å²) in [6.07, 6.45) is 2.44. The molecule has 1 saturated heterocycles. The lowest BCUT2D eigenvalue weighted by molar-refractivity contribution is -0.136. The molecule has 1 aliphatic rings.